The summed E-state index contributed by atoms with van der Waals surface area (Å²) in [6.07, 6.45) is 1.92. The quantitative estimate of drug-likeness (QED) is 0.254. The Morgan fingerprint density at radius 1 is 0.730 bits per heavy atom. The number of furan rings is 1. The summed E-state index contributed by atoms with van der Waals surface area (Å²) in [6.45, 7) is 8.93. The minimum atomic E-state index is 0.0649. The van der Waals surface area contributed by atoms with Crippen LogP contribution in [0.4, 0.5) is 11.4 Å². The number of benzene rings is 4. The van der Waals surface area contributed by atoms with E-state index in [4.69, 9.17) is 9.40 Å². The Morgan fingerprint density at radius 3 is 2.38 bits per heavy atom. The predicted molar refractivity (Wildman–Crippen MR) is 155 cm³/mol. The Balaban J connectivity index is 1.47. The van der Waals surface area contributed by atoms with Gasteiger partial charge in [-0.3, -0.25) is 4.98 Å². The second-order valence-electron chi connectivity index (χ2n) is 11.0. The van der Waals surface area contributed by atoms with Gasteiger partial charge in [-0.05, 0) is 71.0 Å². The Hall–Kier alpha value is -4.37. The van der Waals surface area contributed by atoms with Crippen LogP contribution in [0.3, 0.4) is 0 Å². The molecule has 0 spiro atoms. The highest BCUT2D eigenvalue weighted by Crippen LogP contribution is 2.47. The molecule has 4 aromatic carbocycles. The first kappa shape index (κ1) is 21.9. The number of anilines is 2. The van der Waals surface area contributed by atoms with Crippen LogP contribution in [0.1, 0.15) is 31.9 Å². The predicted octanol–water partition coefficient (Wildman–Crippen LogP) is 9.64. The van der Waals surface area contributed by atoms with Crippen LogP contribution in [0.15, 0.2) is 95.5 Å². The molecule has 0 unspecified atom stereocenters. The Morgan fingerprint density at radius 2 is 1.54 bits per heavy atom. The van der Waals surface area contributed by atoms with Crippen LogP contribution in [0, 0.1) is 6.92 Å². The molecule has 3 heteroatoms. The molecule has 37 heavy (non-hydrogen) atoms. The molecular weight excluding hydrogens is 452 g/mol. The fourth-order valence-electron chi connectivity index (χ4n) is 5.58. The van der Waals surface area contributed by atoms with Gasteiger partial charge in [0.2, 0.25) is 0 Å². The van der Waals surface area contributed by atoms with Crippen LogP contribution in [-0.4, -0.2) is 4.98 Å². The van der Waals surface area contributed by atoms with Gasteiger partial charge in [0.15, 0.2) is 5.58 Å². The van der Waals surface area contributed by atoms with E-state index in [1.54, 1.807) is 0 Å². The van der Waals surface area contributed by atoms with Crippen LogP contribution in [-0.2, 0) is 5.41 Å². The first-order valence-corrected chi connectivity index (χ1v) is 12.8. The van der Waals surface area contributed by atoms with Crippen LogP contribution in [0.25, 0.3) is 55.4 Å². The summed E-state index contributed by atoms with van der Waals surface area (Å²) in [5, 5.41) is 6.04. The fraction of sp³-hybridized carbons (Fsp3) is 0.147. The highest BCUT2D eigenvalue weighted by atomic mass is 16.3. The monoisotopic (exact) mass is 480 g/mol. The molecule has 2 aromatic heterocycles. The van der Waals surface area contributed by atoms with Crippen LogP contribution in [0.2, 0.25) is 0 Å². The summed E-state index contributed by atoms with van der Waals surface area (Å²) in [7, 11) is 0. The van der Waals surface area contributed by atoms with Crippen molar-refractivity contribution in [3.05, 3.63) is 102 Å². The van der Waals surface area contributed by atoms with Crippen molar-refractivity contribution in [3.63, 3.8) is 0 Å². The minimum Gasteiger partial charge on any atom is -0.454 e. The highest BCUT2D eigenvalue weighted by Gasteiger charge is 2.23. The zero-order valence-corrected chi connectivity index (χ0v) is 21.5. The molecule has 2 bridgehead atoms. The second-order valence-corrected chi connectivity index (χ2v) is 11.0. The molecule has 0 amide bonds. The van der Waals surface area contributed by atoms with Crippen LogP contribution in [0.5, 0.6) is 0 Å². The lowest BCUT2D eigenvalue weighted by atomic mass is 9.86. The van der Waals surface area contributed by atoms with Crippen molar-refractivity contribution < 1.29 is 4.42 Å². The van der Waals surface area contributed by atoms with E-state index in [0.29, 0.717) is 0 Å². The molecule has 180 valence electrons. The third kappa shape index (κ3) is 3.38. The summed E-state index contributed by atoms with van der Waals surface area (Å²) < 4.78 is 6.44. The number of pyridine rings is 1. The molecule has 6 aromatic rings. The first-order valence-electron chi connectivity index (χ1n) is 12.8. The van der Waals surface area contributed by atoms with Crippen molar-refractivity contribution in [2.45, 2.75) is 33.1 Å². The normalized spacial score (nSPS) is 12.5. The standard InChI is InChI=1S/C34H28N2O/c1-20-23-9-7-10-24(20)28-18-21(30-19-22(16-17-35-30)34(2,3)4)12-15-29(28)36-32-26(23)13-14-27-25-8-5-6-11-31(25)37-33(27)32/h5-19,36H,1-4H3. The fourth-order valence-corrected chi connectivity index (χ4v) is 5.58. The van der Waals surface area contributed by atoms with Gasteiger partial charge in [-0.2, -0.15) is 0 Å². The number of fused-ring (bicyclic) bond motifs is 10. The third-order valence-corrected chi connectivity index (χ3v) is 7.66. The SMILES string of the molecule is Cc1c2cccc1-c1ccc3c(oc4ccccc43)c1Nc1ccc(-c3cc(C(C)(C)C)ccn3)cc1-2. The molecule has 7 rings (SSSR count). The van der Waals surface area contributed by atoms with Gasteiger partial charge < -0.3 is 9.73 Å². The van der Waals surface area contributed by atoms with Crippen molar-refractivity contribution in [1.82, 2.24) is 4.98 Å². The lowest BCUT2D eigenvalue weighted by Gasteiger charge is -2.23. The summed E-state index contributed by atoms with van der Waals surface area (Å²) in [5.74, 6) is 0. The molecule has 0 aliphatic carbocycles. The molecule has 1 aliphatic heterocycles. The molecule has 0 fully saturated rings. The van der Waals surface area contributed by atoms with Crippen molar-refractivity contribution in [3.8, 4) is 33.5 Å². The summed E-state index contributed by atoms with van der Waals surface area (Å²) >= 11 is 0. The number of para-hydroxylation sites is 1. The van der Waals surface area contributed by atoms with Gasteiger partial charge in [-0.1, -0.05) is 69.3 Å². The summed E-state index contributed by atoms with van der Waals surface area (Å²) in [4.78, 5) is 4.73. The largest absolute Gasteiger partial charge is 0.454 e. The van der Waals surface area contributed by atoms with Gasteiger partial charge in [-0.25, -0.2) is 0 Å². The number of hydrogen-bond acceptors (Lipinski definition) is 3. The van der Waals surface area contributed by atoms with Gasteiger partial charge in [0.25, 0.3) is 0 Å². The zero-order valence-electron chi connectivity index (χ0n) is 21.5. The van der Waals surface area contributed by atoms with E-state index in [9.17, 15) is 0 Å². The van der Waals surface area contributed by atoms with Crippen LogP contribution < -0.4 is 5.32 Å². The van der Waals surface area contributed by atoms with Gasteiger partial charge in [0, 0.05) is 39.3 Å². The van der Waals surface area contributed by atoms with Crippen LogP contribution >= 0.6 is 0 Å². The maximum Gasteiger partial charge on any atom is 0.159 e. The Kier molecular flexibility index (Phi) is 4.62. The Labute approximate surface area is 216 Å². The molecular formula is C34H28N2O. The van der Waals surface area contributed by atoms with Gasteiger partial charge in [-0.15, -0.1) is 0 Å². The topological polar surface area (TPSA) is 38.1 Å². The Bertz CT molecular complexity index is 1850. The van der Waals surface area contributed by atoms with E-state index in [0.717, 1.165) is 50.1 Å². The van der Waals surface area contributed by atoms with Crippen molar-refractivity contribution in [2.24, 2.45) is 0 Å². The second kappa shape index (κ2) is 7.81. The molecule has 0 saturated carbocycles. The average Bonchev–Trinajstić information content (AvgIpc) is 3.28. The summed E-state index contributed by atoms with van der Waals surface area (Å²) in [6, 6.07) is 30.2. The number of rotatable bonds is 1. The van der Waals surface area contributed by atoms with Crippen molar-refractivity contribution in [1.29, 1.82) is 0 Å². The molecule has 0 saturated heterocycles. The molecule has 1 aliphatic rings. The minimum absolute atomic E-state index is 0.0649. The van der Waals surface area contributed by atoms with Crippen molar-refractivity contribution >= 4 is 33.3 Å². The number of nitrogens with one attached hydrogen (secondary N) is 1. The van der Waals surface area contributed by atoms with Crippen molar-refractivity contribution in [2.75, 3.05) is 5.32 Å². The maximum atomic E-state index is 6.44. The van der Waals surface area contributed by atoms with Gasteiger partial charge in [0.1, 0.15) is 5.58 Å². The van der Waals surface area contributed by atoms with Gasteiger partial charge in [0.05, 0.1) is 11.4 Å². The molecule has 0 radical (unpaired) electrons. The number of nitrogens with zero attached hydrogens (tertiary/aromatic N) is 1. The third-order valence-electron chi connectivity index (χ3n) is 7.66. The lowest BCUT2D eigenvalue weighted by Crippen LogP contribution is -2.11. The molecule has 0 atom stereocenters. The number of aromatic nitrogens is 1. The lowest BCUT2D eigenvalue weighted by molar-refractivity contribution is 0.589. The van der Waals surface area contributed by atoms with Gasteiger partial charge >= 0.3 is 0 Å². The zero-order chi connectivity index (χ0) is 25.3. The van der Waals surface area contributed by atoms with E-state index in [1.165, 1.54) is 27.8 Å². The van der Waals surface area contributed by atoms with E-state index >= 15 is 0 Å². The van der Waals surface area contributed by atoms with E-state index in [1.807, 2.05) is 18.3 Å². The van der Waals surface area contributed by atoms with E-state index in [2.05, 4.69) is 106 Å². The molecule has 3 nitrogen and oxygen atoms in total. The number of hydrogen-bond donors (Lipinski definition) is 1. The summed E-state index contributed by atoms with van der Waals surface area (Å²) in [5.41, 5.74) is 13.3. The first-order chi connectivity index (χ1) is 17.9. The maximum absolute atomic E-state index is 6.44. The van der Waals surface area contributed by atoms with E-state index in [-0.39, 0.29) is 5.41 Å². The van der Waals surface area contributed by atoms with E-state index < -0.39 is 0 Å². The highest BCUT2D eigenvalue weighted by molar-refractivity contribution is 6.13. The molecule has 1 N–H and O–H groups in total. The smallest absolute Gasteiger partial charge is 0.159 e. The average molecular weight is 481 g/mol. The molecule has 3 heterocycles.